The van der Waals surface area contributed by atoms with Crippen LogP contribution >= 0.6 is 11.3 Å². The molecule has 2 saturated heterocycles. The standard InChI is InChI=1S/C23H29N3O2S/c1-18-4-6-19(7-5-18)22(27)25-10-8-20(9-11-25)23(28)26-14-12-24(13-15-26)17-21-3-2-16-29-21/h2-7,16,20H,8-15,17H2,1H3. The molecule has 1 aromatic heterocycles. The van der Waals surface area contributed by atoms with E-state index in [1.54, 1.807) is 11.3 Å². The van der Waals surface area contributed by atoms with Gasteiger partial charge >= 0.3 is 0 Å². The number of piperidine rings is 1. The van der Waals surface area contributed by atoms with Crippen molar-refractivity contribution < 1.29 is 9.59 Å². The van der Waals surface area contributed by atoms with E-state index in [1.807, 2.05) is 41.0 Å². The molecule has 0 N–H and O–H groups in total. The monoisotopic (exact) mass is 411 g/mol. The van der Waals surface area contributed by atoms with Gasteiger partial charge in [0.1, 0.15) is 0 Å². The number of carbonyl (C=O) groups is 2. The molecule has 0 unspecified atom stereocenters. The Morgan fingerprint density at radius 2 is 1.62 bits per heavy atom. The van der Waals surface area contributed by atoms with Gasteiger partial charge in [0.05, 0.1) is 0 Å². The van der Waals surface area contributed by atoms with Gasteiger partial charge in [-0.2, -0.15) is 0 Å². The van der Waals surface area contributed by atoms with Crippen LogP contribution in [0.25, 0.3) is 0 Å². The summed E-state index contributed by atoms with van der Waals surface area (Å²) in [6.45, 7) is 7.84. The van der Waals surface area contributed by atoms with Crippen LogP contribution in [0.1, 0.15) is 33.6 Å². The van der Waals surface area contributed by atoms with Crippen LogP contribution in [0.3, 0.4) is 0 Å². The minimum absolute atomic E-state index is 0.0564. The normalized spacial score (nSPS) is 18.8. The fourth-order valence-electron chi connectivity index (χ4n) is 4.22. The van der Waals surface area contributed by atoms with Crippen molar-refractivity contribution in [2.24, 2.45) is 5.92 Å². The fraction of sp³-hybridized carbons (Fsp3) is 0.478. The molecule has 0 spiro atoms. The number of likely N-dealkylation sites (tertiary alicyclic amines) is 1. The second-order valence-electron chi connectivity index (χ2n) is 8.11. The van der Waals surface area contributed by atoms with Gasteiger partial charge in [-0.25, -0.2) is 0 Å². The molecule has 29 heavy (non-hydrogen) atoms. The lowest BCUT2D eigenvalue weighted by molar-refractivity contribution is -0.138. The number of benzene rings is 1. The Labute approximate surface area is 176 Å². The number of hydrogen-bond donors (Lipinski definition) is 0. The van der Waals surface area contributed by atoms with Crippen LogP contribution in [0.2, 0.25) is 0 Å². The molecule has 0 aliphatic carbocycles. The van der Waals surface area contributed by atoms with E-state index >= 15 is 0 Å². The fourth-order valence-corrected chi connectivity index (χ4v) is 4.96. The topological polar surface area (TPSA) is 43.9 Å². The Hall–Kier alpha value is -2.18. The quantitative estimate of drug-likeness (QED) is 0.776. The van der Waals surface area contributed by atoms with Gasteiger partial charge < -0.3 is 9.80 Å². The maximum atomic E-state index is 13.0. The minimum Gasteiger partial charge on any atom is -0.340 e. The molecule has 1 aromatic carbocycles. The van der Waals surface area contributed by atoms with Crippen LogP contribution in [-0.2, 0) is 11.3 Å². The van der Waals surface area contributed by atoms with Crippen LogP contribution in [0, 0.1) is 12.8 Å². The van der Waals surface area contributed by atoms with E-state index in [-0.39, 0.29) is 17.7 Å². The number of aryl methyl sites for hydroxylation is 1. The molecule has 5 nitrogen and oxygen atoms in total. The molecular formula is C23H29N3O2S. The van der Waals surface area contributed by atoms with Gasteiger partial charge in [-0.1, -0.05) is 23.8 Å². The van der Waals surface area contributed by atoms with Gasteiger partial charge in [-0.05, 0) is 43.3 Å². The molecule has 0 saturated carbocycles. The number of piperazine rings is 1. The third kappa shape index (κ3) is 4.87. The molecule has 154 valence electrons. The van der Waals surface area contributed by atoms with Crippen molar-refractivity contribution in [1.82, 2.24) is 14.7 Å². The summed E-state index contributed by atoms with van der Waals surface area (Å²) in [6, 6.07) is 12.0. The zero-order chi connectivity index (χ0) is 20.2. The van der Waals surface area contributed by atoms with Gasteiger partial charge in [0, 0.05) is 62.2 Å². The molecule has 0 atom stereocenters. The molecule has 0 bridgehead atoms. The highest BCUT2D eigenvalue weighted by molar-refractivity contribution is 7.09. The van der Waals surface area contributed by atoms with Crippen LogP contribution in [0.4, 0.5) is 0 Å². The Bertz CT molecular complexity index is 818. The van der Waals surface area contributed by atoms with Crippen LogP contribution < -0.4 is 0 Å². The van der Waals surface area contributed by atoms with Gasteiger partial charge in [-0.3, -0.25) is 14.5 Å². The molecule has 3 heterocycles. The molecule has 2 aromatic rings. The lowest BCUT2D eigenvalue weighted by Gasteiger charge is -2.38. The Morgan fingerprint density at radius 1 is 0.931 bits per heavy atom. The van der Waals surface area contributed by atoms with Crippen molar-refractivity contribution in [2.45, 2.75) is 26.3 Å². The maximum absolute atomic E-state index is 13.0. The molecule has 0 radical (unpaired) electrons. The van der Waals surface area contributed by atoms with E-state index in [4.69, 9.17) is 0 Å². The summed E-state index contributed by atoms with van der Waals surface area (Å²) in [5, 5.41) is 2.12. The zero-order valence-electron chi connectivity index (χ0n) is 17.0. The predicted octanol–water partition coefficient (Wildman–Crippen LogP) is 3.25. The summed E-state index contributed by atoms with van der Waals surface area (Å²) in [6.07, 6.45) is 1.54. The maximum Gasteiger partial charge on any atom is 0.253 e. The van der Waals surface area contributed by atoms with E-state index in [2.05, 4.69) is 22.4 Å². The van der Waals surface area contributed by atoms with Crippen LogP contribution in [0.5, 0.6) is 0 Å². The van der Waals surface area contributed by atoms with Gasteiger partial charge in [0.25, 0.3) is 5.91 Å². The van der Waals surface area contributed by atoms with Crippen molar-refractivity contribution in [3.05, 3.63) is 57.8 Å². The Kier molecular flexibility index (Phi) is 6.31. The van der Waals surface area contributed by atoms with Crippen molar-refractivity contribution in [3.63, 3.8) is 0 Å². The van der Waals surface area contributed by atoms with Gasteiger partial charge in [-0.15, -0.1) is 11.3 Å². The molecule has 6 heteroatoms. The second-order valence-corrected chi connectivity index (χ2v) is 9.15. The lowest BCUT2D eigenvalue weighted by atomic mass is 9.94. The highest BCUT2D eigenvalue weighted by Gasteiger charge is 2.32. The summed E-state index contributed by atoms with van der Waals surface area (Å²) >= 11 is 1.79. The minimum atomic E-state index is 0.0564. The first-order valence-corrected chi connectivity index (χ1v) is 11.4. The van der Waals surface area contributed by atoms with Crippen LogP contribution in [-0.4, -0.2) is 65.8 Å². The van der Waals surface area contributed by atoms with E-state index in [0.29, 0.717) is 13.1 Å². The summed E-state index contributed by atoms with van der Waals surface area (Å²) < 4.78 is 0. The highest BCUT2D eigenvalue weighted by Crippen LogP contribution is 2.22. The Balaban J connectivity index is 1.24. The number of carbonyl (C=O) groups excluding carboxylic acids is 2. The largest absolute Gasteiger partial charge is 0.340 e. The molecule has 2 aliphatic heterocycles. The van der Waals surface area contributed by atoms with Crippen molar-refractivity contribution >= 4 is 23.2 Å². The zero-order valence-corrected chi connectivity index (χ0v) is 17.9. The SMILES string of the molecule is Cc1ccc(C(=O)N2CCC(C(=O)N3CCN(Cc4cccs4)CC3)CC2)cc1. The highest BCUT2D eigenvalue weighted by atomic mass is 32.1. The number of thiophene rings is 1. The average molecular weight is 412 g/mol. The smallest absolute Gasteiger partial charge is 0.253 e. The van der Waals surface area contributed by atoms with Gasteiger partial charge in [0.2, 0.25) is 5.91 Å². The third-order valence-electron chi connectivity index (χ3n) is 6.07. The number of nitrogens with zero attached hydrogens (tertiary/aromatic N) is 3. The second kappa shape index (κ2) is 9.09. The lowest BCUT2D eigenvalue weighted by Crippen LogP contribution is -2.51. The Morgan fingerprint density at radius 3 is 2.24 bits per heavy atom. The van der Waals surface area contributed by atoms with E-state index in [0.717, 1.165) is 56.7 Å². The summed E-state index contributed by atoms with van der Waals surface area (Å²) in [4.78, 5) is 33.4. The van der Waals surface area contributed by atoms with Gasteiger partial charge in [0.15, 0.2) is 0 Å². The molecule has 2 aliphatic rings. The van der Waals surface area contributed by atoms with Crippen molar-refractivity contribution in [3.8, 4) is 0 Å². The third-order valence-corrected chi connectivity index (χ3v) is 6.93. The summed E-state index contributed by atoms with van der Waals surface area (Å²) in [5.41, 5.74) is 1.89. The first kappa shape index (κ1) is 20.1. The first-order valence-electron chi connectivity index (χ1n) is 10.5. The predicted molar refractivity (Wildman–Crippen MR) is 116 cm³/mol. The number of amides is 2. The molecule has 2 amide bonds. The van der Waals surface area contributed by atoms with Crippen molar-refractivity contribution in [1.29, 1.82) is 0 Å². The van der Waals surface area contributed by atoms with E-state index < -0.39 is 0 Å². The van der Waals surface area contributed by atoms with Crippen LogP contribution in [0.15, 0.2) is 41.8 Å². The molecule has 2 fully saturated rings. The average Bonchev–Trinajstić information content (AvgIpc) is 3.27. The van der Waals surface area contributed by atoms with Crippen molar-refractivity contribution in [2.75, 3.05) is 39.3 Å². The van der Waals surface area contributed by atoms with E-state index in [1.165, 1.54) is 4.88 Å². The number of hydrogen-bond acceptors (Lipinski definition) is 4. The summed E-state index contributed by atoms with van der Waals surface area (Å²) in [7, 11) is 0. The number of rotatable bonds is 4. The summed E-state index contributed by atoms with van der Waals surface area (Å²) in [5.74, 6) is 0.419. The molecular weight excluding hydrogens is 382 g/mol. The van der Waals surface area contributed by atoms with E-state index in [9.17, 15) is 9.59 Å². The molecule has 4 rings (SSSR count). The first-order chi connectivity index (χ1) is 14.1.